The lowest BCUT2D eigenvalue weighted by atomic mass is 10.0. The van der Waals surface area contributed by atoms with Crippen molar-refractivity contribution in [1.29, 1.82) is 0 Å². The van der Waals surface area contributed by atoms with Crippen LogP contribution in [-0.4, -0.2) is 26.5 Å². The molecule has 2 aliphatic carbocycles. The van der Waals surface area contributed by atoms with Crippen LogP contribution in [0.25, 0.3) is 0 Å². The second-order valence-electron chi connectivity index (χ2n) is 4.86. The van der Waals surface area contributed by atoms with Gasteiger partial charge in [0.15, 0.2) is 0 Å². The van der Waals surface area contributed by atoms with Crippen LogP contribution in [0.2, 0.25) is 0 Å². The minimum atomic E-state index is -0.702. The zero-order valence-electron chi connectivity index (χ0n) is 9.43. The van der Waals surface area contributed by atoms with E-state index in [0.29, 0.717) is 5.92 Å². The zero-order chi connectivity index (χ0) is 11.8. The monoisotopic (exact) mass is 253 g/mol. The quantitative estimate of drug-likeness (QED) is 0.859. The molecule has 92 valence electrons. The third-order valence-corrected chi connectivity index (χ3v) is 4.19. The van der Waals surface area contributed by atoms with E-state index in [2.05, 4.69) is 14.7 Å². The number of carboxylic acid groups (broad SMARTS) is 1. The fourth-order valence-electron chi connectivity index (χ4n) is 2.39. The standard InChI is InChI=1S/C11H15N3O2S/c15-10(16)7-2-1-3-8(7)12-11-13-9(14-17-11)6-4-5-6/h6-8H,1-5H2,(H,15,16)(H,12,13,14). The first-order valence-corrected chi connectivity index (χ1v) is 6.84. The van der Waals surface area contributed by atoms with Gasteiger partial charge in [0.2, 0.25) is 5.13 Å². The Morgan fingerprint density at radius 2 is 2.18 bits per heavy atom. The molecule has 6 heteroatoms. The maximum absolute atomic E-state index is 11.1. The normalized spacial score (nSPS) is 28.2. The number of carbonyl (C=O) groups is 1. The molecule has 0 amide bonds. The number of carboxylic acids is 1. The molecule has 1 heterocycles. The summed E-state index contributed by atoms with van der Waals surface area (Å²) in [6, 6.07) is 0.0208. The summed E-state index contributed by atoms with van der Waals surface area (Å²) >= 11 is 1.35. The van der Waals surface area contributed by atoms with Gasteiger partial charge in [-0.05, 0) is 25.7 Å². The zero-order valence-corrected chi connectivity index (χ0v) is 10.2. The lowest BCUT2D eigenvalue weighted by molar-refractivity contribution is -0.141. The molecule has 0 aromatic carbocycles. The minimum Gasteiger partial charge on any atom is -0.481 e. The Labute approximate surface area is 103 Å². The van der Waals surface area contributed by atoms with Crippen LogP contribution in [0.4, 0.5) is 5.13 Å². The fraction of sp³-hybridized carbons (Fsp3) is 0.727. The molecule has 1 aromatic heterocycles. The van der Waals surface area contributed by atoms with Gasteiger partial charge in [0, 0.05) is 23.5 Å². The molecule has 2 fully saturated rings. The third kappa shape index (κ3) is 2.26. The first-order valence-electron chi connectivity index (χ1n) is 6.07. The van der Waals surface area contributed by atoms with Gasteiger partial charge in [-0.2, -0.15) is 4.37 Å². The van der Waals surface area contributed by atoms with Crippen molar-refractivity contribution < 1.29 is 9.90 Å². The van der Waals surface area contributed by atoms with E-state index in [-0.39, 0.29) is 12.0 Å². The van der Waals surface area contributed by atoms with Crippen LogP contribution in [0.1, 0.15) is 43.8 Å². The molecular weight excluding hydrogens is 238 g/mol. The highest BCUT2D eigenvalue weighted by molar-refractivity contribution is 7.09. The van der Waals surface area contributed by atoms with Crippen molar-refractivity contribution in [1.82, 2.24) is 9.36 Å². The topological polar surface area (TPSA) is 75.1 Å². The molecule has 2 aliphatic rings. The summed E-state index contributed by atoms with van der Waals surface area (Å²) in [5, 5.41) is 13.1. The highest BCUT2D eigenvalue weighted by Crippen LogP contribution is 2.39. The highest BCUT2D eigenvalue weighted by Gasteiger charge is 2.34. The Morgan fingerprint density at radius 1 is 1.35 bits per heavy atom. The van der Waals surface area contributed by atoms with Crippen molar-refractivity contribution in [3.8, 4) is 0 Å². The van der Waals surface area contributed by atoms with E-state index in [1.54, 1.807) is 0 Å². The predicted molar refractivity (Wildman–Crippen MR) is 64.3 cm³/mol. The lowest BCUT2D eigenvalue weighted by Gasteiger charge is -2.16. The average molecular weight is 253 g/mol. The molecular formula is C11H15N3O2S. The summed E-state index contributed by atoms with van der Waals surface area (Å²) < 4.78 is 4.31. The number of anilines is 1. The molecule has 0 saturated heterocycles. The molecule has 0 aliphatic heterocycles. The van der Waals surface area contributed by atoms with Gasteiger partial charge in [-0.25, -0.2) is 4.98 Å². The number of aliphatic carboxylic acids is 1. The van der Waals surface area contributed by atoms with Crippen LogP contribution < -0.4 is 5.32 Å². The lowest BCUT2D eigenvalue weighted by Crippen LogP contribution is -2.29. The summed E-state index contributed by atoms with van der Waals surface area (Å²) in [6.07, 6.45) is 5.04. The number of hydrogen-bond acceptors (Lipinski definition) is 5. The Kier molecular flexibility index (Phi) is 2.74. The van der Waals surface area contributed by atoms with Crippen molar-refractivity contribution >= 4 is 22.6 Å². The van der Waals surface area contributed by atoms with Crippen molar-refractivity contribution in [2.75, 3.05) is 5.32 Å². The molecule has 5 nitrogen and oxygen atoms in total. The molecule has 2 saturated carbocycles. The molecule has 2 N–H and O–H groups in total. The fourth-order valence-corrected chi connectivity index (χ4v) is 3.10. The van der Waals surface area contributed by atoms with Crippen LogP contribution in [0, 0.1) is 5.92 Å². The Bertz CT molecular complexity index is 430. The number of nitrogens with one attached hydrogen (secondary N) is 1. The van der Waals surface area contributed by atoms with Gasteiger partial charge in [-0.15, -0.1) is 0 Å². The molecule has 0 radical (unpaired) electrons. The number of aromatic nitrogens is 2. The Balaban J connectivity index is 1.66. The van der Waals surface area contributed by atoms with Gasteiger partial charge in [-0.3, -0.25) is 4.79 Å². The van der Waals surface area contributed by atoms with E-state index in [4.69, 9.17) is 5.11 Å². The van der Waals surface area contributed by atoms with Gasteiger partial charge in [0.05, 0.1) is 5.92 Å². The second-order valence-corrected chi connectivity index (χ2v) is 5.61. The molecule has 0 spiro atoms. The van der Waals surface area contributed by atoms with Crippen LogP contribution in [0.3, 0.4) is 0 Å². The number of nitrogens with zero attached hydrogens (tertiary/aromatic N) is 2. The Morgan fingerprint density at radius 3 is 2.88 bits per heavy atom. The van der Waals surface area contributed by atoms with Crippen molar-refractivity contribution in [3.63, 3.8) is 0 Å². The molecule has 17 heavy (non-hydrogen) atoms. The van der Waals surface area contributed by atoms with Crippen LogP contribution >= 0.6 is 11.5 Å². The maximum atomic E-state index is 11.1. The molecule has 1 aromatic rings. The van der Waals surface area contributed by atoms with E-state index in [1.165, 1.54) is 24.4 Å². The summed E-state index contributed by atoms with van der Waals surface area (Å²) in [7, 11) is 0. The summed E-state index contributed by atoms with van der Waals surface area (Å²) in [6.45, 7) is 0. The van der Waals surface area contributed by atoms with Gasteiger partial charge in [-0.1, -0.05) is 6.42 Å². The average Bonchev–Trinajstić information content (AvgIpc) is 2.87. The predicted octanol–water partition coefficient (Wildman–Crippen LogP) is 2.08. The van der Waals surface area contributed by atoms with Crippen LogP contribution in [-0.2, 0) is 4.79 Å². The highest BCUT2D eigenvalue weighted by atomic mass is 32.1. The van der Waals surface area contributed by atoms with E-state index >= 15 is 0 Å². The van der Waals surface area contributed by atoms with E-state index in [0.717, 1.165) is 30.2 Å². The minimum absolute atomic E-state index is 0.0208. The largest absolute Gasteiger partial charge is 0.481 e. The van der Waals surface area contributed by atoms with Crippen molar-refractivity contribution in [2.45, 2.75) is 44.1 Å². The number of rotatable bonds is 4. The van der Waals surface area contributed by atoms with Gasteiger partial charge >= 0.3 is 5.97 Å². The maximum Gasteiger partial charge on any atom is 0.308 e. The summed E-state index contributed by atoms with van der Waals surface area (Å²) in [5.41, 5.74) is 0. The van der Waals surface area contributed by atoms with Crippen molar-refractivity contribution in [2.24, 2.45) is 5.92 Å². The summed E-state index contributed by atoms with van der Waals surface area (Å²) in [5.74, 6) is 0.512. The first-order chi connectivity index (χ1) is 8.24. The summed E-state index contributed by atoms with van der Waals surface area (Å²) in [4.78, 5) is 15.5. The Hall–Kier alpha value is -1.17. The SMILES string of the molecule is O=C(O)C1CCCC1Nc1nc(C2CC2)ns1. The van der Waals surface area contributed by atoms with Gasteiger partial charge in [0.1, 0.15) is 5.82 Å². The van der Waals surface area contributed by atoms with Gasteiger partial charge < -0.3 is 10.4 Å². The van der Waals surface area contributed by atoms with Crippen molar-refractivity contribution in [3.05, 3.63) is 5.82 Å². The van der Waals surface area contributed by atoms with Crippen LogP contribution in [0.15, 0.2) is 0 Å². The first kappa shape index (κ1) is 11.0. The molecule has 2 unspecified atom stereocenters. The number of hydrogen-bond donors (Lipinski definition) is 2. The van der Waals surface area contributed by atoms with E-state index < -0.39 is 5.97 Å². The molecule has 0 bridgehead atoms. The molecule has 3 rings (SSSR count). The van der Waals surface area contributed by atoms with Gasteiger partial charge in [0.25, 0.3) is 0 Å². The van der Waals surface area contributed by atoms with Crippen LogP contribution in [0.5, 0.6) is 0 Å². The smallest absolute Gasteiger partial charge is 0.308 e. The van der Waals surface area contributed by atoms with E-state index in [9.17, 15) is 4.79 Å². The van der Waals surface area contributed by atoms with E-state index in [1.807, 2.05) is 0 Å². The third-order valence-electron chi connectivity index (χ3n) is 3.53. The molecule has 2 atom stereocenters. The second kappa shape index (κ2) is 4.25.